The minimum atomic E-state index is -3.23. The molecule has 0 saturated heterocycles. The fourth-order valence-corrected chi connectivity index (χ4v) is 2.68. The van der Waals surface area contributed by atoms with E-state index in [0.29, 0.717) is 11.4 Å². The molecule has 0 bridgehead atoms. The van der Waals surface area contributed by atoms with Crippen molar-refractivity contribution in [1.82, 2.24) is 4.31 Å². The average Bonchev–Trinajstić information content (AvgIpc) is 2.61. The molecule has 0 heterocycles. The first-order valence-electron chi connectivity index (χ1n) is 8.83. The molecule has 0 atom stereocenters. The number of sulfonamides is 1. The van der Waals surface area contributed by atoms with Gasteiger partial charge in [-0.05, 0) is 55.8 Å². The molecule has 0 fully saturated rings. The molecule has 8 heteroatoms. The van der Waals surface area contributed by atoms with Crippen molar-refractivity contribution in [2.75, 3.05) is 25.2 Å². The van der Waals surface area contributed by atoms with Crippen LogP contribution in [0.4, 0.5) is 5.69 Å². The number of anilines is 1. The average molecular weight is 407 g/mol. The van der Waals surface area contributed by atoms with Crippen LogP contribution in [0.25, 0.3) is 0 Å². The van der Waals surface area contributed by atoms with Crippen LogP contribution in [0, 0.1) is 0 Å². The maximum absolute atomic E-state index is 12.0. The number of nitrogens with zero attached hydrogens (tertiary/aromatic N) is 1. The molecule has 0 unspecified atom stereocenters. The fraction of sp³-hybridized carbons (Fsp3) is 0.350. The summed E-state index contributed by atoms with van der Waals surface area (Å²) >= 11 is 0. The highest BCUT2D eigenvalue weighted by Crippen LogP contribution is 2.17. The van der Waals surface area contributed by atoms with Crippen molar-refractivity contribution in [3.05, 3.63) is 54.1 Å². The summed E-state index contributed by atoms with van der Waals surface area (Å²) in [6.07, 6.45) is 1.25. The van der Waals surface area contributed by atoms with Gasteiger partial charge in [0, 0.05) is 19.3 Å². The van der Waals surface area contributed by atoms with Crippen LogP contribution >= 0.6 is 0 Å². The Hall–Kier alpha value is -2.58. The maximum Gasteiger partial charge on any atom is 0.262 e. The molecule has 2 aromatic carbocycles. The normalized spacial score (nSPS) is 11.5. The molecule has 0 spiro atoms. The Morgan fingerprint density at radius 1 is 1.04 bits per heavy atom. The lowest BCUT2D eigenvalue weighted by Crippen LogP contribution is -2.24. The van der Waals surface area contributed by atoms with Crippen molar-refractivity contribution in [2.45, 2.75) is 26.5 Å². The predicted octanol–water partition coefficient (Wildman–Crippen LogP) is 2.88. The lowest BCUT2D eigenvalue weighted by Gasteiger charge is -2.14. The van der Waals surface area contributed by atoms with E-state index in [9.17, 15) is 13.2 Å². The summed E-state index contributed by atoms with van der Waals surface area (Å²) in [5.41, 5.74) is 1.48. The Morgan fingerprint density at radius 3 is 2.14 bits per heavy atom. The number of hydrogen-bond donors (Lipinski definition) is 1. The first-order chi connectivity index (χ1) is 13.1. The van der Waals surface area contributed by atoms with Crippen molar-refractivity contribution in [1.29, 1.82) is 0 Å². The van der Waals surface area contributed by atoms with Gasteiger partial charge in [0.1, 0.15) is 11.5 Å². The number of rotatable bonds is 9. The van der Waals surface area contributed by atoms with Gasteiger partial charge in [-0.15, -0.1) is 0 Å². The number of amides is 1. The van der Waals surface area contributed by atoms with Gasteiger partial charge in [0.25, 0.3) is 5.91 Å². The van der Waals surface area contributed by atoms with E-state index in [-0.39, 0.29) is 25.2 Å². The second-order valence-corrected chi connectivity index (χ2v) is 8.78. The van der Waals surface area contributed by atoms with E-state index < -0.39 is 10.0 Å². The van der Waals surface area contributed by atoms with Crippen LogP contribution in [-0.2, 0) is 21.4 Å². The number of benzene rings is 2. The van der Waals surface area contributed by atoms with Gasteiger partial charge in [0.2, 0.25) is 10.0 Å². The van der Waals surface area contributed by atoms with E-state index >= 15 is 0 Å². The van der Waals surface area contributed by atoms with Crippen LogP contribution in [0.5, 0.6) is 11.5 Å². The Balaban J connectivity index is 1.82. The van der Waals surface area contributed by atoms with Crippen molar-refractivity contribution in [3.8, 4) is 11.5 Å². The highest BCUT2D eigenvalue weighted by Gasteiger charge is 2.11. The SMILES string of the molecule is CC(C)Oc1ccc(NC(=O)COc2ccc(CN(C)S(C)(=O)=O)cc2)cc1. The molecule has 0 saturated carbocycles. The van der Waals surface area contributed by atoms with Crippen LogP contribution in [0.2, 0.25) is 0 Å². The fourth-order valence-electron chi connectivity index (χ4n) is 2.30. The zero-order valence-electron chi connectivity index (χ0n) is 16.5. The van der Waals surface area contributed by atoms with Crippen LogP contribution in [0.3, 0.4) is 0 Å². The molecular formula is C20H26N2O5S. The van der Waals surface area contributed by atoms with E-state index in [0.717, 1.165) is 17.6 Å². The molecule has 2 rings (SSSR count). The third-order valence-electron chi connectivity index (χ3n) is 3.77. The lowest BCUT2D eigenvalue weighted by molar-refractivity contribution is -0.118. The highest BCUT2D eigenvalue weighted by atomic mass is 32.2. The monoisotopic (exact) mass is 406 g/mol. The summed E-state index contributed by atoms with van der Waals surface area (Å²) in [5.74, 6) is 0.992. The molecule has 28 heavy (non-hydrogen) atoms. The predicted molar refractivity (Wildman–Crippen MR) is 109 cm³/mol. The highest BCUT2D eigenvalue weighted by molar-refractivity contribution is 7.88. The molecule has 0 aliphatic rings. The van der Waals surface area contributed by atoms with Gasteiger partial charge < -0.3 is 14.8 Å². The Bertz CT molecular complexity index is 878. The second kappa shape index (κ2) is 9.57. The molecule has 0 aromatic heterocycles. The summed E-state index contributed by atoms with van der Waals surface area (Å²) in [7, 11) is -1.71. The van der Waals surface area contributed by atoms with Gasteiger partial charge >= 0.3 is 0 Å². The summed E-state index contributed by atoms with van der Waals surface area (Å²) in [5, 5.41) is 2.75. The molecule has 0 radical (unpaired) electrons. The van der Waals surface area contributed by atoms with E-state index in [4.69, 9.17) is 9.47 Å². The first kappa shape index (κ1) is 21.7. The van der Waals surface area contributed by atoms with Gasteiger partial charge in [0.05, 0.1) is 12.4 Å². The number of carbonyl (C=O) groups excluding carboxylic acids is 1. The number of carbonyl (C=O) groups is 1. The van der Waals surface area contributed by atoms with Crippen molar-refractivity contribution < 1.29 is 22.7 Å². The molecule has 1 amide bonds. The zero-order valence-corrected chi connectivity index (χ0v) is 17.3. The third kappa shape index (κ3) is 7.21. The lowest BCUT2D eigenvalue weighted by atomic mass is 10.2. The molecule has 2 aromatic rings. The minimum Gasteiger partial charge on any atom is -0.491 e. The minimum absolute atomic E-state index is 0.0898. The van der Waals surface area contributed by atoms with E-state index in [1.54, 1.807) is 48.5 Å². The second-order valence-electron chi connectivity index (χ2n) is 6.69. The Kier molecular flexibility index (Phi) is 7.42. The van der Waals surface area contributed by atoms with Crippen LogP contribution < -0.4 is 14.8 Å². The molecule has 0 aliphatic heterocycles. The third-order valence-corrected chi connectivity index (χ3v) is 5.04. The zero-order chi connectivity index (χ0) is 20.7. The van der Waals surface area contributed by atoms with E-state index in [1.165, 1.54) is 11.4 Å². The van der Waals surface area contributed by atoms with E-state index in [1.807, 2.05) is 13.8 Å². The standard InChI is InChI=1S/C20H26N2O5S/c1-15(2)27-19-11-7-17(8-12-19)21-20(23)14-26-18-9-5-16(6-10-18)13-22(3)28(4,24)25/h5-12,15H,13-14H2,1-4H3,(H,21,23). The van der Waals surface area contributed by atoms with E-state index in [2.05, 4.69) is 5.32 Å². The van der Waals surface area contributed by atoms with Crippen molar-refractivity contribution in [3.63, 3.8) is 0 Å². The Labute approximate surface area is 166 Å². The molecule has 152 valence electrons. The molecule has 7 nitrogen and oxygen atoms in total. The van der Waals surface area contributed by atoms with Gasteiger partial charge in [-0.1, -0.05) is 12.1 Å². The van der Waals surface area contributed by atoms with Crippen LogP contribution in [0.15, 0.2) is 48.5 Å². The van der Waals surface area contributed by atoms with Crippen LogP contribution in [0.1, 0.15) is 19.4 Å². The topological polar surface area (TPSA) is 84.9 Å². The largest absolute Gasteiger partial charge is 0.491 e. The molecular weight excluding hydrogens is 380 g/mol. The summed E-state index contributed by atoms with van der Waals surface area (Å²) in [6, 6.07) is 14.1. The maximum atomic E-state index is 12.0. The summed E-state index contributed by atoms with van der Waals surface area (Å²) in [6.45, 7) is 4.04. The smallest absolute Gasteiger partial charge is 0.262 e. The van der Waals surface area contributed by atoms with Crippen molar-refractivity contribution in [2.24, 2.45) is 0 Å². The first-order valence-corrected chi connectivity index (χ1v) is 10.7. The summed E-state index contributed by atoms with van der Waals surface area (Å²) < 4.78 is 35.2. The quantitative estimate of drug-likeness (QED) is 0.692. The summed E-state index contributed by atoms with van der Waals surface area (Å²) in [4.78, 5) is 12.0. The van der Waals surface area contributed by atoms with Crippen molar-refractivity contribution >= 4 is 21.6 Å². The Morgan fingerprint density at radius 2 is 1.61 bits per heavy atom. The molecule has 1 N–H and O–H groups in total. The van der Waals surface area contributed by atoms with Gasteiger partial charge in [-0.25, -0.2) is 12.7 Å². The van der Waals surface area contributed by atoms with Crippen LogP contribution in [-0.4, -0.2) is 44.6 Å². The number of hydrogen-bond acceptors (Lipinski definition) is 5. The number of nitrogens with one attached hydrogen (secondary N) is 1. The molecule has 0 aliphatic carbocycles. The van der Waals surface area contributed by atoms with Gasteiger partial charge in [-0.3, -0.25) is 4.79 Å². The van der Waals surface area contributed by atoms with Gasteiger partial charge in [-0.2, -0.15) is 0 Å². The van der Waals surface area contributed by atoms with Gasteiger partial charge in [0.15, 0.2) is 6.61 Å². The number of ether oxygens (including phenoxy) is 2.